The van der Waals surface area contributed by atoms with Crippen LogP contribution in [0, 0.1) is 0 Å². The van der Waals surface area contributed by atoms with E-state index in [9.17, 15) is 18.0 Å². The molecule has 0 saturated carbocycles. The van der Waals surface area contributed by atoms with Gasteiger partial charge in [-0.3, -0.25) is 4.79 Å². The van der Waals surface area contributed by atoms with Gasteiger partial charge in [-0.25, -0.2) is 0 Å². The molecule has 1 aromatic rings. The van der Waals surface area contributed by atoms with E-state index >= 15 is 0 Å². The minimum Gasteiger partial charge on any atom is -0.398 e. The number of thioether (sulfide) groups is 1. The fraction of sp³-hybridized carbons (Fsp3) is 0.462. The molecular weight excluding hydrogens is 289 g/mol. The molecule has 0 aromatic heterocycles. The molecule has 1 unspecified atom stereocenters. The van der Waals surface area contributed by atoms with Crippen LogP contribution in [-0.4, -0.2) is 23.5 Å². The molecule has 20 heavy (non-hydrogen) atoms. The van der Waals surface area contributed by atoms with E-state index in [4.69, 9.17) is 5.73 Å². The third-order valence-electron chi connectivity index (χ3n) is 3.15. The molecule has 1 heterocycles. The minimum atomic E-state index is -4.55. The number of hydrogen-bond donors (Lipinski definition) is 2. The number of nitrogens with two attached hydrogens (primary N) is 1. The van der Waals surface area contributed by atoms with Crippen LogP contribution in [0.4, 0.5) is 18.9 Å². The zero-order valence-corrected chi connectivity index (χ0v) is 11.5. The van der Waals surface area contributed by atoms with E-state index in [1.165, 1.54) is 12.1 Å². The van der Waals surface area contributed by atoms with Crippen molar-refractivity contribution in [1.82, 2.24) is 5.32 Å². The zero-order chi connectivity index (χ0) is 14.8. The van der Waals surface area contributed by atoms with Crippen LogP contribution in [0.25, 0.3) is 0 Å². The number of carbonyl (C=O) groups excluding carboxylic acids is 1. The Morgan fingerprint density at radius 2 is 2.15 bits per heavy atom. The highest BCUT2D eigenvalue weighted by Gasteiger charge is 2.34. The van der Waals surface area contributed by atoms with Crippen LogP contribution in [0.15, 0.2) is 18.2 Å². The van der Waals surface area contributed by atoms with Gasteiger partial charge in [0.15, 0.2) is 0 Å². The molecule has 0 radical (unpaired) electrons. The monoisotopic (exact) mass is 304 g/mol. The van der Waals surface area contributed by atoms with E-state index in [0.29, 0.717) is 0 Å². The molecule has 0 bridgehead atoms. The van der Waals surface area contributed by atoms with Gasteiger partial charge in [0.25, 0.3) is 5.91 Å². The molecule has 1 aromatic carbocycles. The van der Waals surface area contributed by atoms with Gasteiger partial charge in [-0.2, -0.15) is 24.9 Å². The fourth-order valence-corrected chi connectivity index (χ4v) is 3.20. The third-order valence-corrected chi connectivity index (χ3v) is 4.37. The summed E-state index contributed by atoms with van der Waals surface area (Å²) in [4.78, 5) is 12.0. The Balaban J connectivity index is 2.17. The molecule has 3 nitrogen and oxygen atoms in total. The molecule has 1 amide bonds. The van der Waals surface area contributed by atoms with Gasteiger partial charge in [-0.05, 0) is 30.7 Å². The molecule has 3 N–H and O–H groups in total. The Morgan fingerprint density at radius 1 is 1.40 bits per heavy atom. The number of rotatable bonds is 2. The summed E-state index contributed by atoms with van der Waals surface area (Å²) in [5, 5.41) is 2.75. The van der Waals surface area contributed by atoms with Gasteiger partial charge in [-0.15, -0.1) is 0 Å². The van der Waals surface area contributed by atoms with Crippen LogP contribution >= 0.6 is 11.8 Å². The Hall–Kier alpha value is -1.37. The number of alkyl halides is 3. The van der Waals surface area contributed by atoms with Crippen LogP contribution in [-0.2, 0) is 6.18 Å². The van der Waals surface area contributed by atoms with Crippen molar-refractivity contribution in [2.45, 2.75) is 25.1 Å². The molecule has 0 aliphatic carbocycles. The maximum absolute atomic E-state index is 12.7. The second kappa shape index (κ2) is 5.95. The highest BCUT2D eigenvalue weighted by molar-refractivity contribution is 7.99. The molecular formula is C13H15F3N2OS. The average molecular weight is 304 g/mol. The Bertz CT molecular complexity index is 499. The van der Waals surface area contributed by atoms with Gasteiger partial charge < -0.3 is 11.1 Å². The van der Waals surface area contributed by atoms with Crippen molar-refractivity contribution < 1.29 is 18.0 Å². The summed E-state index contributed by atoms with van der Waals surface area (Å²) in [5.41, 5.74) is 3.89. The first kappa shape index (κ1) is 15.0. The van der Waals surface area contributed by atoms with Gasteiger partial charge in [0.05, 0.1) is 16.8 Å². The van der Waals surface area contributed by atoms with Crippen molar-refractivity contribution in [2.75, 3.05) is 17.2 Å². The number of amides is 1. The SMILES string of the molecule is Nc1c(C(=O)NC2CCCSC2)cccc1C(F)(F)F. The largest absolute Gasteiger partial charge is 0.418 e. The van der Waals surface area contributed by atoms with E-state index in [1.807, 2.05) is 0 Å². The predicted octanol–water partition coefficient (Wildman–Crippen LogP) is 2.91. The fourth-order valence-electron chi connectivity index (χ4n) is 2.13. The lowest BCUT2D eigenvalue weighted by atomic mass is 10.1. The van der Waals surface area contributed by atoms with Crippen molar-refractivity contribution in [3.8, 4) is 0 Å². The molecule has 0 spiro atoms. The standard InChI is InChI=1S/C13H15F3N2OS/c14-13(15,16)10-5-1-4-9(11(10)17)12(19)18-8-3-2-6-20-7-8/h1,4-5,8H,2-3,6-7,17H2,(H,18,19). The number of benzene rings is 1. The first-order chi connectivity index (χ1) is 9.39. The van der Waals surface area contributed by atoms with Gasteiger partial charge in [0.2, 0.25) is 0 Å². The molecule has 1 atom stereocenters. The van der Waals surface area contributed by atoms with Crippen molar-refractivity contribution in [1.29, 1.82) is 0 Å². The highest BCUT2D eigenvalue weighted by atomic mass is 32.2. The summed E-state index contributed by atoms with van der Waals surface area (Å²) < 4.78 is 38.2. The summed E-state index contributed by atoms with van der Waals surface area (Å²) >= 11 is 1.73. The number of nitrogens with one attached hydrogen (secondary N) is 1. The van der Waals surface area contributed by atoms with Gasteiger partial charge in [0.1, 0.15) is 0 Å². The number of para-hydroxylation sites is 1. The van der Waals surface area contributed by atoms with E-state index in [2.05, 4.69) is 5.32 Å². The van der Waals surface area contributed by atoms with Crippen LogP contribution in [0.5, 0.6) is 0 Å². The van der Waals surface area contributed by atoms with Crippen molar-refractivity contribution >= 4 is 23.4 Å². The molecule has 1 fully saturated rings. The Kier molecular flexibility index (Phi) is 4.47. The summed E-state index contributed by atoms with van der Waals surface area (Å²) in [7, 11) is 0. The van der Waals surface area contributed by atoms with Crippen LogP contribution in [0.3, 0.4) is 0 Å². The second-order valence-corrected chi connectivity index (χ2v) is 5.80. The van der Waals surface area contributed by atoms with Gasteiger partial charge in [0, 0.05) is 11.8 Å². The predicted molar refractivity (Wildman–Crippen MR) is 73.7 cm³/mol. The minimum absolute atomic E-state index is 0.00445. The summed E-state index contributed by atoms with van der Waals surface area (Å²) in [6, 6.07) is 3.39. The number of carbonyl (C=O) groups is 1. The molecule has 110 valence electrons. The Morgan fingerprint density at radius 3 is 2.75 bits per heavy atom. The lowest BCUT2D eigenvalue weighted by molar-refractivity contribution is -0.136. The van der Waals surface area contributed by atoms with Crippen molar-refractivity contribution in [3.63, 3.8) is 0 Å². The van der Waals surface area contributed by atoms with E-state index in [-0.39, 0.29) is 11.6 Å². The highest BCUT2D eigenvalue weighted by Crippen LogP contribution is 2.35. The second-order valence-electron chi connectivity index (χ2n) is 4.65. The first-order valence-electron chi connectivity index (χ1n) is 6.24. The molecule has 1 aliphatic heterocycles. The molecule has 1 aliphatic rings. The maximum Gasteiger partial charge on any atom is 0.418 e. The van der Waals surface area contributed by atoms with E-state index in [1.54, 1.807) is 11.8 Å². The van der Waals surface area contributed by atoms with Gasteiger partial charge in [-0.1, -0.05) is 6.07 Å². The number of nitrogen functional groups attached to an aromatic ring is 1. The lowest BCUT2D eigenvalue weighted by Gasteiger charge is -2.23. The molecule has 1 saturated heterocycles. The normalized spacial score (nSPS) is 19.6. The Labute approximate surface area is 119 Å². The smallest absolute Gasteiger partial charge is 0.398 e. The quantitative estimate of drug-likeness (QED) is 0.826. The van der Waals surface area contributed by atoms with Crippen molar-refractivity contribution in [2.24, 2.45) is 0 Å². The zero-order valence-electron chi connectivity index (χ0n) is 10.7. The van der Waals surface area contributed by atoms with Crippen LogP contribution in [0.2, 0.25) is 0 Å². The molecule has 7 heteroatoms. The van der Waals surface area contributed by atoms with Gasteiger partial charge >= 0.3 is 6.18 Å². The number of hydrogen-bond acceptors (Lipinski definition) is 3. The maximum atomic E-state index is 12.7. The van der Waals surface area contributed by atoms with Crippen LogP contribution in [0.1, 0.15) is 28.8 Å². The summed E-state index contributed by atoms with van der Waals surface area (Å²) in [6.45, 7) is 0. The van der Waals surface area contributed by atoms with Crippen molar-refractivity contribution in [3.05, 3.63) is 29.3 Å². The number of halogens is 3. The lowest BCUT2D eigenvalue weighted by Crippen LogP contribution is -2.38. The van der Waals surface area contributed by atoms with E-state index < -0.39 is 23.3 Å². The number of anilines is 1. The third kappa shape index (κ3) is 3.39. The molecule has 2 rings (SSSR count). The topological polar surface area (TPSA) is 55.1 Å². The van der Waals surface area contributed by atoms with Crippen LogP contribution < -0.4 is 11.1 Å². The average Bonchev–Trinajstić information content (AvgIpc) is 2.38. The first-order valence-corrected chi connectivity index (χ1v) is 7.39. The summed E-state index contributed by atoms with van der Waals surface area (Å²) in [5.74, 6) is 1.30. The van der Waals surface area contributed by atoms with E-state index in [0.717, 1.165) is 30.4 Å². The summed E-state index contributed by atoms with van der Waals surface area (Å²) in [6.07, 6.45) is -2.72.